The Morgan fingerprint density at radius 1 is 0.600 bits per heavy atom. The average molecular weight is 340 g/mol. The van der Waals surface area contributed by atoms with E-state index in [2.05, 4.69) is 9.05 Å². The molecule has 1 aliphatic carbocycles. The number of aliphatic hydroxyl groups is 4. The lowest BCUT2D eigenvalue weighted by molar-refractivity contribution is -0.215. The molecule has 12 nitrogen and oxygen atoms in total. The second kappa shape index (κ2) is 6.05. The normalized spacial score (nSPS) is 39.8. The van der Waals surface area contributed by atoms with E-state index in [0.717, 1.165) is 0 Å². The van der Waals surface area contributed by atoms with Crippen LogP contribution in [-0.4, -0.2) is 76.6 Å². The van der Waals surface area contributed by atoms with Gasteiger partial charge in [0.1, 0.15) is 36.6 Å². The molecule has 0 spiro atoms. The first kappa shape index (κ1) is 18.1. The number of aliphatic hydroxyl groups excluding tert-OH is 4. The standard InChI is InChI=1S/C6H14O12P2/c7-1-2(8)5(17-19(11,12)13)4(10)6(3(1)9)18-20(14,15)16/h1-10H,(H2,11,12,13)(H2,14,15,16)/t1?,2-,3+,4?,5-,6+. The SMILES string of the molecule is O=P(O)(O)O[C@@H]1C(O)[C@H](OP(=O)(O)O)[C@H](O)C(O)[C@@H]1O. The van der Waals surface area contributed by atoms with E-state index in [9.17, 15) is 29.6 Å². The van der Waals surface area contributed by atoms with Gasteiger partial charge in [-0.15, -0.1) is 0 Å². The minimum absolute atomic E-state index is 2.12. The molecule has 120 valence electrons. The number of rotatable bonds is 4. The highest BCUT2D eigenvalue weighted by Crippen LogP contribution is 2.45. The van der Waals surface area contributed by atoms with E-state index < -0.39 is 52.3 Å². The molecule has 1 aliphatic rings. The van der Waals surface area contributed by atoms with Crippen LogP contribution in [0.4, 0.5) is 0 Å². The van der Waals surface area contributed by atoms with E-state index in [1.165, 1.54) is 0 Å². The molecular formula is C6H14O12P2. The molecule has 1 rings (SSSR count). The highest BCUT2D eigenvalue weighted by molar-refractivity contribution is 7.46. The van der Waals surface area contributed by atoms with Gasteiger partial charge in [0.05, 0.1) is 0 Å². The zero-order valence-electron chi connectivity index (χ0n) is 9.57. The highest BCUT2D eigenvalue weighted by Gasteiger charge is 2.53. The lowest BCUT2D eigenvalue weighted by Crippen LogP contribution is -2.64. The Bertz CT molecular complexity index is 390. The number of hydrogen-bond donors (Lipinski definition) is 8. The van der Waals surface area contributed by atoms with Gasteiger partial charge in [-0.1, -0.05) is 0 Å². The molecule has 6 atom stereocenters. The van der Waals surface area contributed by atoms with Crippen molar-refractivity contribution in [2.75, 3.05) is 0 Å². The fourth-order valence-electron chi connectivity index (χ4n) is 1.75. The largest absolute Gasteiger partial charge is 0.470 e. The molecule has 1 fully saturated rings. The van der Waals surface area contributed by atoms with Crippen molar-refractivity contribution in [2.24, 2.45) is 0 Å². The molecule has 0 amide bonds. The Hall–Kier alpha value is 0.0600. The van der Waals surface area contributed by atoms with Gasteiger partial charge in [0.15, 0.2) is 0 Å². The van der Waals surface area contributed by atoms with Crippen molar-refractivity contribution in [2.45, 2.75) is 36.6 Å². The predicted octanol–water partition coefficient (Wildman–Crippen LogP) is -3.60. The molecule has 0 heterocycles. The third-order valence-corrected chi connectivity index (χ3v) is 3.60. The molecule has 0 radical (unpaired) electrons. The molecule has 14 heteroatoms. The first-order valence-corrected chi connectivity index (χ1v) is 8.10. The summed E-state index contributed by atoms with van der Waals surface area (Å²) in [7, 11) is -10.4. The van der Waals surface area contributed by atoms with Gasteiger partial charge >= 0.3 is 15.6 Å². The molecule has 20 heavy (non-hydrogen) atoms. The van der Waals surface area contributed by atoms with Crippen molar-refractivity contribution in [1.29, 1.82) is 0 Å². The van der Waals surface area contributed by atoms with E-state index in [1.54, 1.807) is 0 Å². The van der Waals surface area contributed by atoms with Crippen molar-refractivity contribution in [1.82, 2.24) is 0 Å². The van der Waals surface area contributed by atoms with Gasteiger partial charge in [0.25, 0.3) is 0 Å². The van der Waals surface area contributed by atoms with Gasteiger partial charge in [-0.2, -0.15) is 0 Å². The zero-order valence-corrected chi connectivity index (χ0v) is 11.4. The monoisotopic (exact) mass is 340 g/mol. The molecule has 0 aromatic heterocycles. The van der Waals surface area contributed by atoms with Gasteiger partial charge in [0.2, 0.25) is 0 Å². The Balaban J connectivity index is 3.02. The van der Waals surface area contributed by atoms with Gasteiger partial charge in [-0.3, -0.25) is 9.05 Å². The Morgan fingerprint density at radius 2 is 0.900 bits per heavy atom. The summed E-state index contributed by atoms with van der Waals surface area (Å²) in [5.74, 6) is 0. The topological polar surface area (TPSA) is 214 Å². The number of phosphoric ester groups is 2. The van der Waals surface area contributed by atoms with Crippen molar-refractivity contribution in [3.05, 3.63) is 0 Å². The van der Waals surface area contributed by atoms with Crippen LogP contribution in [0.2, 0.25) is 0 Å². The van der Waals surface area contributed by atoms with Gasteiger partial charge in [0, 0.05) is 0 Å². The summed E-state index contributed by atoms with van der Waals surface area (Å²) in [6, 6.07) is 0. The Kier molecular flexibility index (Phi) is 5.48. The van der Waals surface area contributed by atoms with Crippen LogP contribution in [0, 0.1) is 0 Å². The van der Waals surface area contributed by atoms with Crippen molar-refractivity contribution in [3.8, 4) is 0 Å². The first-order valence-electron chi connectivity index (χ1n) is 5.03. The third-order valence-electron chi connectivity index (χ3n) is 2.56. The maximum Gasteiger partial charge on any atom is 0.470 e. The van der Waals surface area contributed by atoms with E-state index in [4.69, 9.17) is 19.6 Å². The lowest BCUT2D eigenvalue weighted by atomic mass is 9.85. The smallest absolute Gasteiger partial charge is 0.387 e. The van der Waals surface area contributed by atoms with Crippen LogP contribution < -0.4 is 0 Å². The zero-order chi connectivity index (χ0) is 15.9. The molecular weight excluding hydrogens is 326 g/mol. The van der Waals surface area contributed by atoms with E-state index in [1.807, 2.05) is 0 Å². The summed E-state index contributed by atoms with van der Waals surface area (Å²) < 4.78 is 29.4. The summed E-state index contributed by atoms with van der Waals surface area (Å²) in [5.41, 5.74) is 0. The third kappa shape index (κ3) is 4.53. The lowest BCUT2D eigenvalue weighted by Gasteiger charge is -2.42. The molecule has 2 unspecified atom stereocenters. The van der Waals surface area contributed by atoms with E-state index in [0.29, 0.717) is 0 Å². The minimum atomic E-state index is -5.20. The number of phosphoric acid groups is 2. The van der Waals surface area contributed by atoms with Crippen LogP contribution in [0.3, 0.4) is 0 Å². The summed E-state index contributed by atoms with van der Waals surface area (Å²) in [6.07, 6.45) is -12.8. The quantitative estimate of drug-likeness (QED) is 0.233. The van der Waals surface area contributed by atoms with Crippen LogP contribution in [0.25, 0.3) is 0 Å². The molecule has 0 bridgehead atoms. The van der Waals surface area contributed by atoms with Crippen LogP contribution in [0.5, 0.6) is 0 Å². The fraction of sp³-hybridized carbons (Fsp3) is 1.00. The molecule has 0 saturated heterocycles. The summed E-state index contributed by atoms with van der Waals surface area (Å²) >= 11 is 0. The van der Waals surface area contributed by atoms with Crippen LogP contribution in [0.1, 0.15) is 0 Å². The summed E-state index contributed by atoms with van der Waals surface area (Å²) in [5, 5.41) is 38.0. The fourth-order valence-corrected chi connectivity index (χ4v) is 2.88. The Morgan fingerprint density at radius 3 is 1.15 bits per heavy atom. The highest BCUT2D eigenvalue weighted by atomic mass is 31.2. The second-order valence-electron chi connectivity index (χ2n) is 4.08. The molecule has 8 N–H and O–H groups in total. The molecule has 1 saturated carbocycles. The average Bonchev–Trinajstić information content (AvgIpc) is 2.25. The Labute approximate surface area is 111 Å². The van der Waals surface area contributed by atoms with E-state index >= 15 is 0 Å². The maximum atomic E-state index is 10.7. The molecule has 0 aromatic carbocycles. The maximum absolute atomic E-state index is 10.7. The van der Waals surface area contributed by atoms with Gasteiger partial charge in [-0.05, 0) is 0 Å². The molecule has 0 aromatic rings. The van der Waals surface area contributed by atoms with Crippen LogP contribution in [0.15, 0.2) is 0 Å². The van der Waals surface area contributed by atoms with Crippen molar-refractivity contribution >= 4 is 15.6 Å². The second-order valence-corrected chi connectivity index (χ2v) is 6.47. The number of hydrogen-bond acceptors (Lipinski definition) is 8. The first-order chi connectivity index (χ1) is 8.83. The summed E-state index contributed by atoms with van der Waals surface area (Å²) in [6.45, 7) is 0. The van der Waals surface area contributed by atoms with Crippen molar-refractivity contribution < 1.29 is 58.2 Å². The summed E-state index contributed by atoms with van der Waals surface area (Å²) in [4.78, 5) is 34.4. The minimum Gasteiger partial charge on any atom is -0.387 e. The predicted molar refractivity (Wildman–Crippen MR) is 57.9 cm³/mol. The van der Waals surface area contributed by atoms with Crippen molar-refractivity contribution in [3.63, 3.8) is 0 Å². The van der Waals surface area contributed by atoms with Crippen LogP contribution in [-0.2, 0) is 18.2 Å². The van der Waals surface area contributed by atoms with E-state index in [-0.39, 0.29) is 0 Å². The molecule has 0 aliphatic heterocycles. The van der Waals surface area contributed by atoms with Gasteiger partial charge < -0.3 is 40.0 Å². The van der Waals surface area contributed by atoms with Gasteiger partial charge in [-0.25, -0.2) is 9.13 Å². The van der Waals surface area contributed by atoms with Crippen LogP contribution >= 0.6 is 15.6 Å².